The molecule has 0 bridgehead atoms. The van der Waals surface area contributed by atoms with E-state index in [1.54, 1.807) is 6.33 Å². The van der Waals surface area contributed by atoms with Gasteiger partial charge in [0.1, 0.15) is 6.33 Å². The highest BCUT2D eigenvalue weighted by atomic mass is 127. The Morgan fingerprint density at radius 3 is 2.46 bits per heavy atom. The van der Waals surface area contributed by atoms with Gasteiger partial charge < -0.3 is 15.2 Å². The van der Waals surface area contributed by atoms with E-state index in [0.717, 1.165) is 11.5 Å². The normalized spacial score (nSPS) is 10.9. The maximum atomic E-state index is 4.69. The maximum Gasteiger partial charge on any atom is 0.196 e. The molecule has 0 fully saturated rings. The molecule has 0 saturated heterocycles. The van der Waals surface area contributed by atoms with E-state index >= 15 is 0 Å². The van der Waals surface area contributed by atoms with Gasteiger partial charge in [-0.25, -0.2) is 4.99 Å². The Bertz CT molecular complexity index is 827. The number of aliphatic imine (C=N–C) groups is 1. The minimum Gasteiger partial charge on any atom is -0.349 e. The van der Waals surface area contributed by atoms with E-state index in [2.05, 4.69) is 57.0 Å². The molecule has 2 aromatic carbocycles. The van der Waals surface area contributed by atoms with Gasteiger partial charge in [0.15, 0.2) is 11.8 Å². The van der Waals surface area contributed by atoms with Gasteiger partial charge in [-0.05, 0) is 24.6 Å². The summed E-state index contributed by atoms with van der Waals surface area (Å²) in [4.78, 5) is 4.69. The summed E-state index contributed by atoms with van der Waals surface area (Å²) in [5.74, 6) is 1.55. The molecule has 1 aromatic heterocycles. The zero-order valence-corrected chi connectivity index (χ0v) is 17.2. The van der Waals surface area contributed by atoms with Crippen LogP contribution in [0, 0.1) is 6.92 Å². The highest BCUT2D eigenvalue weighted by Crippen LogP contribution is 2.07. The van der Waals surface area contributed by atoms with E-state index in [1.165, 1.54) is 11.1 Å². The second kappa shape index (κ2) is 9.91. The average Bonchev–Trinajstić information content (AvgIpc) is 3.04. The highest BCUT2D eigenvalue weighted by molar-refractivity contribution is 14.0. The molecule has 0 atom stereocenters. The Hall–Kier alpha value is -2.42. The van der Waals surface area contributed by atoms with Crippen LogP contribution in [0.15, 0.2) is 65.9 Å². The molecule has 0 radical (unpaired) electrons. The van der Waals surface area contributed by atoms with Gasteiger partial charge in [0, 0.05) is 12.7 Å². The first-order valence-electron chi connectivity index (χ1n) is 8.19. The number of benzene rings is 2. The number of hydrogen-bond acceptors (Lipinski definition) is 3. The van der Waals surface area contributed by atoms with Crippen molar-refractivity contribution in [2.75, 3.05) is 5.32 Å². The van der Waals surface area contributed by atoms with Crippen molar-refractivity contribution in [2.45, 2.75) is 20.0 Å². The zero-order chi connectivity index (χ0) is 17.5. The number of nitrogens with zero attached hydrogens (tertiary/aromatic N) is 4. The van der Waals surface area contributed by atoms with Crippen molar-refractivity contribution in [1.29, 1.82) is 0 Å². The van der Waals surface area contributed by atoms with Crippen molar-refractivity contribution < 1.29 is 0 Å². The fourth-order valence-corrected chi connectivity index (χ4v) is 2.29. The second-order valence-corrected chi connectivity index (χ2v) is 5.85. The predicted molar refractivity (Wildman–Crippen MR) is 116 cm³/mol. The number of anilines is 1. The van der Waals surface area contributed by atoms with E-state index in [9.17, 15) is 0 Å². The summed E-state index contributed by atoms with van der Waals surface area (Å²) in [5.41, 5.74) is 3.39. The summed E-state index contributed by atoms with van der Waals surface area (Å²) in [6.45, 7) is 3.22. The predicted octanol–water partition coefficient (Wildman–Crippen LogP) is 3.50. The summed E-state index contributed by atoms with van der Waals surface area (Å²) in [6.07, 6.45) is 1.69. The van der Waals surface area contributed by atoms with Crippen molar-refractivity contribution in [3.8, 4) is 0 Å². The molecule has 136 valence electrons. The Morgan fingerprint density at radius 1 is 1.08 bits per heavy atom. The Morgan fingerprint density at radius 2 is 1.81 bits per heavy atom. The molecule has 0 aliphatic rings. The van der Waals surface area contributed by atoms with Crippen LogP contribution in [0.25, 0.3) is 0 Å². The minimum absolute atomic E-state index is 0. The number of aromatic nitrogens is 3. The lowest BCUT2D eigenvalue weighted by molar-refractivity contribution is 0.745. The number of nitrogens with one attached hydrogen (secondary N) is 2. The average molecular weight is 462 g/mol. The number of halogens is 1. The first-order chi connectivity index (χ1) is 12.2. The van der Waals surface area contributed by atoms with Crippen LogP contribution in [-0.4, -0.2) is 20.7 Å². The molecule has 6 nitrogen and oxygen atoms in total. The van der Waals surface area contributed by atoms with Gasteiger partial charge in [-0.15, -0.1) is 34.2 Å². The van der Waals surface area contributed by atoms with Crippen LogP contribution in [0.1, 0.15) is 17.0 Å². The van der Waals surface area contributed by atoms with E-state index in [4.69, 9.17) is 0 Å². The quantitative estimate of drug-likeness (QED) is 0.346. The summed E-state index contributed by atoms with van der Waals surface area (Å²) >= 11 is 0. The summed E-state index contributed by atoms with van der Waals surface area (Å²) in [6, 6.07) is 18.4. The Balaban J connectivity index is 0.00000243. The van der Waals surface area contributed by atoms with E-state index < -0.39 is 0 Å². The molecule has 1 heterocycles. The lowest BCUT2D eigenvalue weighted by Gasteiger charge is -2.12. The number of guanidine groups is 1. The van der Waals surface area contributed by atoms with Crippen molar-refractivity contribution in [2.24, 2.45) is 12.0 Å². The monoisotopic (exact) mass is 462 g/mol. The third-order valence-electron chi connectivity index (χ3n) is 3.80. The van der Waals surface area contributed by atoms with Gasteiger partial charge >= 0.3 is 0 Å². The van der Waals surface area contributed by atoms with Crippen LogP contribution in [-0.2, 0) is 20.1 Å². The summed E-state index contributed by atoms with van der Waals surface area (Å²) in [5, 5.41) is 14.6. The highest BCUT2D eigenvalue weighted by Gasteiger charge is 2.04. The molecule has 0 aliphatic heterocycles. The largest absolute Gasteiger partial charge is 0.349 e. The van der Waals surface area contributed by atoms with Gasteiger partial charge in [-0.2, -0.15) is 0 Å². The zero-order valence-electron chi connectivity index (χ0n) is 14.9. The van der Waals surface area contributed by atoms with Crippen molar-refractivity contribution in [3.05, 3.63) is 77.9 Å². The number of aryl methyl sites for hydroxylation is 2. The number of rotatable bonds is 5. The fraction of sp³-hybridized carbons (Fsp3) is 0.211. The van der Waals surface area contributed by atoms with Crippen LogP contribution < -0.4 is 10.6 Å². The maximum absolute atomic E-state index is 4.69. The van der Waals surface area contributed by atoms with E-state index in [0.29, 0.717) is 19.0 Å². The molecule has 0 amide bonds. The standard InChI is InChI=1S/C19H22N6.HI/c1-15-8-10-16(11-9-15)12-20-19(23-17-6-4-3-5-7-17)21-13-18-24-22-14-25(18)2;/h3-11,14H,12-13H2,1-2H3,(H2,20,21,23);1H. The third-order valence-corrected chi connectivity index (χ3v) is 3.80. The molecule has 0 saturated carbocycles. The molecule has 2 N–H and O–H groups in total. The molecular formula is C19H23IN6. The second-order valence-electron chi connectivity index (χ2n) is 5.85. The van der Waals surface area contributed by atoms with Gasteiger partial charge in [0.2, 0.25) is 0 Å². The van der Waals surface area contributed by atoms with Gasteiger partial charge in [0.05, 0.1) is 13.1 Å². The Labute approximate surface area is 170 Å². The number of hydrogen-bond donors (Lipinski definition) is 2. The topological polar surface area (TPSA) is 67.1 Å². The van der Waals surface area contributed by atoms with E-state index in [-0.39, 0.29) is 24.0 Å². The van der Waals surface area contributed by atoms with Crippen molar-refractivity contribution >= 4 is 35.6 Å². The van der Waals surface area contributed by atoms with Crippen LogP contribution in [0.5, 0.6) is 0 Å². The number of para-hydroxylation sites is 1. The lowest BCUT2D eigenvalue weighted by atomic mass is 10.1. The SMILES string of the molecule is Cc1ccc(CN=C(NCc2nncn2C)Nc2ccccc2)cc1.I. The molecule has 7 heteroatoms. The molecule has 3 rings (SSSR count). The van der Waals surface area contributed by atoms with Crippen LogP contribution in [0.4, 0.5) is 5.69 Å². The molecular weight excluding hydrogens is 439 g/mol. The minimum atomic E-state index is 0. The third kappa shape index (κ3) is 5.83. The molecule has 26 heavy (non-hydrogen) atoms. The lowest BCUT2D eigenvalue weighted by Crippen LogP contribution is -2.31. The smallest absolute Gasteiger partial charge is 0.196 e. The van der Waals surface area contributed by atoms with Crippen LogP contribution >= 0.6 is 24.0 Å². The van der Waals surface area contributed by atoms with E-state index in [1.807, 2.05) is 41.9 Å². The van der Waals surface area contributed by atoms with Gasteiger partial charge in [-0.3, -0.25) is 0 Å². The molecule has 0 aliphatic carbocycles. The van der Waals surface area contributed by atoms with Crippen molar-refractivity contribution in [3.63, 3.8) is 0 Å². The van der Waals surface area contributed by atoms with Crippen LogP contribution in [0.2, 0.25) is 0 Å². The fourth-order valence-electron chi connectivity index (χ4n) is 2.29. The summed E-state index contributed by atoms with van der Waals surface area (Å²) < 4.78 is 1.88. The molecule has 0 unspecified atom stereocenters. The molecule has 3 aromatic rings. The van der Waals surface area contributed by atoms with Crippen molar-refractivity contribution in [1.82, 2.24) is 20.1 Å². The first kappa shape index (κ1) is 19.9. The van der Waals surface area contributed by atoms with Gasteiger partial charge in [-0.1, -0.05) is 48.0 Å². The first-order valence-corrected chi connectivity index (χ1v) is 8.19. The summed E-state index contributed by atoms with van der Waals surface area (Å²) in [7, 11) is 1.92. The van der Waals surface area contributed by atoms with Gasteiger partial charge in [0.25, 0.3) is 0 Å². The molecule has 0 spiro atoms. The van der Waals surface area contributed by atoms with Crippen LogP contribution in [0.3, 0.4) is 0 Å². The Kier molecular flexibility index (Phi) is 7.58.